The number of pyridine rings is 1. The molecule has 0 bridgehead atoms. The SMILES string of the molecule is CCN(CC)C1CCC(N(CC)c2cccc3c2C/C=C/CCc2cc(C)[nH]c(=O)c2CNC3=O)CC1. The summed E-state index contributed by atoms with van der Waals surface area (Å²) in [6.07, 6.45) is 11.6. The lowest BCUT2D eigenvalue weighted by Gasteiger charge is -2.41. The maximum Gasteiger partial charge on any atom is 0.253 e. The van der Waals surface area contributed by atoms with Crippen LogP contribution in [0.2, 0.25) is 0 Å². The number of nitrogens with one attached hydrogen (secondary N) is 2. The quantitative estimate of drug-likeness (QED) is 0.535. The number of anilines is 1. The smallest absolute Gasteiger partial charge is 0.253 e. The summed E-state index contributed by atoms with van der Waals surface area (Å²) in [6.45, 7) is 12.1. The summed E-state index contributed by atoms with van der Waals surface area (Å²) in [7, 11) is 0. The highest BCUT2D eigenvalue weighted by molar-refractivity contribution is 5.97. The molecule has 0 atom stereocenters. The van der Waals surface area contributed by atoms with E-state index in [1.165, 1.54) is 31.4 Å². The largest absolute Gasteiger partial charge is 0.369 e. The first-order valence-electron chi connectivity index (χ1n) is 14.2. The standard InChI is InChI=1S/C31H44N4O2/c1-5-34(6-2)24-16-18-25(19-17-24)35(7-3)29-15-11-14-27-26(29)13-10-8-9-12-23-20-22(4)33-31(37)28(23)21-32-30(27)36/h8,10-11,14-15,20,24-25H,5-7,9,12-13,16-19,21H2,1-4H3,(H,32,36)(H,33,37)/b10-8+. The second kappa shape index (κ2) is 12.6. The lowest BCUT2D eigenvalue weighted by atomic mass is 9.88. The molecule has 1 aromatic carbocycles. The maximum atomic E-state index is 13.5. The first kappa shape index (κ1) is 27.2. The molecule has 0 unspecified atom stereocenters. The first-order chi connectivity index (χ1) is 18.0. The highest BCUT2D eigenvalue weighted by Crippen LogP contribution is 2.33. The maximum absolute atomic E-state index is 13.5. The molecule has 2 aliphatic rings. The lowest BCUT2D eigenvalue weighted by molar-refractivity contribution is 0.0950. The van der Waals surface area contributed by atoms with Gasteiger partial charge in [-0.2, -0.15) is 0 Å². The summed E-state index contributed by atoms with van der Waals surface area (Å²) in [5, 5.41) is 3.06. The average Bonchev–Trinajstić information content (AvgIpc) is 2.89. The van der Waals surface area contributed by atoms with E-state index in [2.05, 4.69) is 59.1 Å². The Kier molecular flexibility index (Phi) is 9.25. The van der Waals surface area contributed by atoms with Crippen LogP contribution in [-0.2, 0) is 19.4 Å². The fraction of sp³-hybridized carbons (Fsp3) is 0.548. The number of hydrogen-bond donors (Lipinski definition) is 2. The minimum atomic E-state index is -0.113. The Bertz CT molecular complexity index is 1160. The molecule has 4 rings (SSSR count). The molecule has 1 amide bonds. The van der Waals surface area contributed by atoms with E-state index >= 15 is 0 Å². The molecule has 2 heterocycles. The molecule has 0 radical (unpaired) electrons. The molecule has 0 saturated heterocycles. The summed E-state index contributed by atoms with van der Waals surface area (Å²) < 4.78 is 0. The topological polar surface area (TPSA) is 68.4 Å². The van der Waals surface area contributed by atoms with Crippen molar-refractivity contribution in [2.24, 2.45) is 0 Å². The zero-order valence-electron chi connectivity index (χ0n) is 23.1. The molecule has 2 aromatic rings. The van der Waals surface area contributed by atoms with Gasteiger partial charge in [0.05, 0.1) is 0 Å². The van der Waals surface area contributed by atoms with E-state index in [9.17, 15) is 9.59 Å². The molecule has 37 heavy (non-hydrogen) atoms. The zero-order valence-corrected chi connectivity index (χ0v) is 23.1. The van der Waals surface area contributed by atoms with Crippen LogP contribution >= 0.6 is 0 Å². The number of nitrogens with zero attached hydrogens (tertiary/aromatic N) is 2. The van der Waals surface area contributed by atoms with Crippen molar-refractivity contribution in [3.05, 3.63) is 74.7 Å². The van der Waals surface area contributed by atoms with Crippen molar-refractivity contribution < 1.29 is 4.79 Å². The van der Waals surface area contributed by atoms with E-state index in [0.29, 0.717) is 23.2 Å². The van der Waals surface area contributed by atoms with Gasteiger partial charge in [0.2, 0.25) is 0 Å². The van der Waals surface area contributed by atoms with E-state index in [0.717, 1.165) is 55.7 Å². The predicted molar refractivity (Wildman–Crippen MR) is 153 cm³/mol. The summed E-state index contributed by atoms with van der Waals surface area (Å²) in [5.74, 6) is -0.113. The number of aryl methyl sites for hydroxylation is 2. The number of amides is 1. The van der Waals surface area contributed by atoms with Crippen LogP contribution in [-0.4, -0.2) is 47.5 Å². The van der Waals surface area contributed by atoms with Crippen LogP contribution in [0.5, 0.6) is 0 Å². The highest BCUT2D eigenvalue weighted by atomic mass is 16.1. The molecule has 2 N–H and O–H groups in total. The van der Waals surface area contributed by atoms with Crippen LogP contribution in [0.3, 0.4) is 0 Å². The van der Waals surface area contributed by atoms with Crippen molar-refractivity contribution in [3.8, 4) is 0 Å². The molecular formula is C31H44N4O2. The number of carbonyl (C=O) groups is 1. The van der Waals surface area contributed by atoms with Gasteiger partial charge in [-0.3, -0.25) is 9.59 Å². The van der Waals surface area contributed by atoms with Gasteiger partial charge in [-0.1, -0.05) is 32.1 Å². The number of aromatic nitrogens is 1. The summed E-state index contributed by atoms with van der Waals surface area (Å²) in [5.41, 5.74) is 5.39. The number of aromatic amines is 1. The summed E-state index contributed by atoms with van der Waals surface area (Å²) in [6, 6.07) is 9.34. The Balaban J connectivity index is 1.61. The normalized spacial score (nSPS) is 21.3. The van der Waals surface area contributed by atoms with Gasteiger partial charge in [0.25, 0.3) is 11.5 Å². The second-order valence-electron chi connectivity index (χ2n) is 10.5. The van der Waals surface area contributed by atoms with Gasteiger partial charge in [0, 0.05) is 47.7 Å². The summed E-state index contributed by atoms with van der Waals surface area (Å²) in [4.78, 5) is 34.2. The Labute approximate surface area is 222 Å². The predicted octanol–water partition coefficient (Wildman–Crippen LogP) is 5.14. The number of hydrogen-bond acceptors (Lipinski definition) is 4. The Morgan fingerprint density at radius 2 is 1.65 bits per heavy atom. The van der Waals surface area contributed by atoms with Gasteiger partial charge in [-0.15, -0.1) is 0 Å². The Hall–Kier alpha value is -2.86. The van der Waals surface area contributed by atoms with Crippen molar-refractivity contribution in [1.29, 1.82) is 0 Å². The van der Waals surface area contributed by atoms with E-state index in [1.807, 2.05) is 25.1 Å². The van der Waals surface area contributed by atoms with E-state index < -0.39 is 0 Å². The molecule has 6 heteroatoms. The first-order valence-corrected chi connectivity index (χ1v) is 14.2. The molecule has 6 nitrogen and oxygen atoms in total. The molecule has 1 aliphatic carbocycles. The monoisotopic (exact) mass is 504 g/mol. The van der Waals surface area contributed by atoms with Crippen LogP contribution in [0.15, 0.2) is 41.2 Å². The molecule has 1 aromatic heterocycles. The molecule has 200 valence electrons. The van der Waals surface area contributed by atoms with Gasteiger partial charge < -0.3 is 20.1 Å². The molecular weight excluding hydrogens is 460 g/mol. The van der Waals surface area contributed by atoms with E-state index in [4.69, 9.17) is 0 Å². The highest BCUT2D eigenvalue weighted by Gasteiger charge is 2.29. The third-order valence-electron chi connectivity index (χ3n) is 8.34. The van der Waals surface area contributed by atoms with Gasteiger partial charge >= 0.3 is 0 Å². The van der Waals surface area contributed by atoms with Crippen molar-refractivity contribution in [3.63, 3.8) is 0 Å². The van der Waals surface area contributed by atoms with Gasteiger partial charge in [0.1, 0.15) is 0 Å². The fourth-order valence-corrected chi connectivity index (χ4v) is 6.39. The van der Waals surface area contributed by atoms with Crippen LogP contribution in [0.1, 0.15) is 85.6 Å². The molecule has 0 spiro atoms. The third kappa shape index (κ3) is 6.18. The number of carbonyl (C=O) groups excluding carboxylic acids is 1. The zero-order chi connectivity index (χ0) is 26.4. The molecule has 1 saturated carbocycles. The second-order valence-corrected chi connectivity index (χ2v) is 10.5. The van der Waals surface area contributed by atoms with Crippen molar-refractivity contribution in [2.75, 3.05) is 24.5 Å². The summed E-state index contributed by atoms with van der Waals surface area (Å²) >= 11 is 0. The number of allylic oxidation sites excluding steroid dienone is 2. The Morgan fingerprint density at radius 3 is 2.35 bits per heavy atom. The lowest BCUT2D eigenvalue weighted by Crippen LogP contribution is -2.44. The van der Waals surface area contributed by atoms with Crippen LogP contribution in [0, 0.1) is 6.92 Å². The van der Waals surface area contributed by atoms with Crippen LogP contribution < -0.4 is 15.8 Å². The number of benzene rings is 1. The number of H-pyrrole nitrogens is 1. The van der Waals surface area contributed by atoms with Gasteiger partial charge in [-0.25, -0.2) is 0 Å². The number of rotatable bonds is 6. The van der Waals surface area contributed by atoms with Gasteiger partial charge in [0.15, 0.2) is 0 Å². The molecule has 1 fully saturated rings. The van der Waals surface area contributed by atoms with Gasteiger partial charge in [-0.05, 0) is 101 Å². The fourth-order valence-electron chi connectivity index (χ4n) is 6.39. The van der Waals surface area contributed by atoms with E-state index in [-0.39, 0.29) is 18.0 Å². The average molecular weight is 505 g/mol. The van der Waals surface area contributed by atoms with Crippen LogP contribution in [0.4, 0.5) is 5.69 Å². The van der Waals surface area contributed by atoms with Crippen molar-refractivity contribution in [1.82, 2.24) is 15.2 Å². The molecule has 1 aliphatic heterocycles. The van der Waals surface area contributed by atoms with E-state index in [1.54, 1.807) is 0 Å². The number of fused-ring (bicyclic) bond motifs is 2. The van der Waals surface area contributed by atoms with Crippen molar-refractivity contribution in [2.45, 2.75) is 91.3 Å². The van der Waals surface area contributed by atoms with Crippen molar-refractivity contribution >= 4 is 11.6 Å². The van der Waals surface area contributed by atoms with Crippen LogP contribution in [0.25, 0.3) is 0 Å². The third-order valence-corrected chi connectivity index (χ3v) is 8.34. The minimum absolute atomic E-state index is 0.109. The Morgan fingerprint density at radius 1 is 0.919 bits per heavy atom. The minimum Gasteiger partial charge on any atom is -0.369 e.